The highest BCUT2D eigenvalue weighted by Crippen LogP contribution is 2.46. The molecule has 25 heavy (non-hydrogen) atoms. The smallest absolute Gasteiger partial charge is 0.320 e. The van der Waals surface area contributed by atoms with Crippen LogP contribution in [0, 0.1) is 5.41 Å². The van der Waals surface area contributed by atoms with Crippen LogP contribution in [-0.4, -0.2) is 51.5 Å². The van der Waals surface area contributed by atoms with Crippen LogP contribution in [0.15, 0.2) is 0 Å². The van der Waals surface area contributed by atoms with Gasteiger partial charge in [-0.15, -0.1) is 0 Å². The Hall–Kier alpha value is -0.393. The lowest BCUT2D eigenvalue weighted by Crippen LogP contribution is -2.46. The monoisotopic (exact) mass is 371 g/mol. The summed E-state index contributed by atoms with van der Waals surface area (Å²) in [6, 6.07) is 0. The molecule has 0 unspecified atom stereocenters. The molecule has 0 spiro atoms. The highest BCUT2D eigenvalue weighted by atomic mass is 28.4. The van der Waals surface area contributed by atoms with E-state index in [9.17, 15) is 4.79 Å². The molecule has 4 nitrogen and oxygen atoms in total. The number of carbonyl (C=O) groups is 1. The van der Waals surface area contributed by atoms with Crippen LogP contribution >= 0.6 is 0 Å². The van der Waals surface area contributed by atoms with E-state index >= 15 is 0 Å². The molecule has 1 aliphatic rings. The quantitative estimate of drug-likeness (QED) is 0.452. The summed E-state index contributed by atoms with van der Waals surface area (Å²) in [6.07, 6.45) is 4.90. The standard InChI is InChI=1S/C20H41NO3Si/c1-18(2,3)24-17(22)15-21(7)14-13-20(11-10-12-20)16-23-25(8,9)19(4,5)6/h10-16H2,1-9H3. The largest absolute Gasteiger partial charge is 0.459 e. The van der Waals surface area contributed by atoms with Gasteiger partial charge in [0.05, 0.1) is 6.54 Å². The SMILES string of the molecule is CN(CCC1(CO[Si](C)(C)C(C)(C)C)CCC1)CC(=O)OC(C)(C)C. The van der Waals surface area contributed by atoms with E-state index in [2.05, 4.69) is 38.8 Å². The molecular formula is C20H41NO3Si. The molecule has 0 radical (unpaired) electrons. The van der Waals surface area contributed by atoms with Crippen molar-refractivity contribution < 1.29 is 14.0 Å². The number of esters is 1. The van der Waals surface area contributed by atoms with Crippen molar-refractivity contribution in [3.05, 3.63) is 0 Å². The molecule has 0 heterocycles. The van der Waals surface area contributed by atoms with Gasteiger partial charge in [-0.25, -0.2) is 0 Å². The van der Waals surface area contributed by atoms with E-state index in [0.29, 0.717) is 12.0 Å². The maximum absolute atomic E-state index is 12.0. The highest BCUT2D eigenvalue weighted by molar-refractivity contribution is 6.74. The highest BCUT2D eigenvalue weighted by Gasteiger charge is 2.42. The molecule has 0 saturated heterocycles. The lowest BCUT2D eigenvalue weighted by molar-refractivity contribution is -0.155. The molecule has 148 valence electrons. The fraction of sp³-hybridized carbons (Fsp3) is 0.950. The zero-order chi connectivity index (χ0) is 19.5. The molecule has 0 aromatic carbocycles. The second kappa shape index (κ2) is 8.09. The van der Waals surface area contributed by atoms with Gasteiger partial charge in [-0.1, -0.05) is 27.2 Å². The minimum absolute atomic E-state index is 0.143. The summed E-state index contributed by atoms with van der Waals surface area (Å²) in [4.78, 5) is 14.0. The van der Waals surface area contributed by atoms with Crippen LogP contribution in [0.5, 0.6) is 0 Å². The summed E-state index contributed by atoms with van der Waals surface area (Å²) in [6.45, 7) is 19.4. The number of ether oxygens (including phenoxy) is 1. The van der Waals surface area contributed by atoms with E-state index in [1.165, 1.54) is 19.3 Å². The molecule has 1 rings (SSSR count). The first-order valence-electron chi connectivity index (χ1n) is 9.70. The van der Waals surface area contributed by atoms with Crippen molar-refractivity contribution in [2.24, 2.45) is 5.41 Å². The molecule has 0 aromatic rings. The fourth-order valence-electron chi connectivity index (χ4n) is 2.79. The second-order valence-corrected chi connectivity index (χ2v) is 15.3. The van der Waals surface area contributed by atoms with Gasteiger partial charge >= 0.3 is 5.97 Å². The number of hydrogen-bond acceptors (Lipinski definition) is 4. The third-order valence-corrected chi connectivity index (χ3v) is 10.3. The molecule has 0 atom stereocenters. The molecule has 1 fully saturated rings. The average molecular weight is 372 g/mol. The lowest BCUT2D eigenvalue weighted by Gasteiger charge is -2.46. The van der Waals surface area contributed by atoms with Crippen LogP contribution in [0.1, 0.15) is 67.2 Å². The third-order valence-electron chi connectivity index (χ3n) is 5.80. The molecule has 1 aliphatic carbocycles. The van der Waals surface area contributed by atoms with Crippen LogP contribution in [0.2, 0.25) is 18.1 Å². The minimum atomic E-state index is -1.69. The Morgan fingerprint density at radius 3 is 2.08 bits per heavy atom. The van der Waals surface area contributed by atoms with Crippen molar-refractivity contribution in [2.45, 2.75) is 91.0 Å². The van der Waals surface area contributed by atoms with Crippen LogP contribution < -0.4 is 0 Å². The molecule has 1 saturated carbocycles. The van der Waals surface area contributed by atoms with Gasteiger partial charge in [0.15, 0.2) is 8.32 Å². The first kappa shape index (κ1) is 22.6. The van der Waals surface area contributed by atoms with Gasteiger partial charge in [0.25, 0.3) is 0 Å². The first-order valence-corrected chi connectivity index (χ1v) is 12.6. The Kier molecular flexibility index (Phi) is 7.33. The van der Waals surface area contributed by atoms with Crippen molar-refractivity contribution in [1.82, 2.24) is 4.90 Å². The van der Waals surface area contributed by atoms with Gasteiger partial charge < -0.3 is 9.16 Å². The maximum Gasteiger partial charge on any atom is 0.320 e. The van der Waals surface area contributed by atoms with Gasteiger partial charge in [0.1, 0.15) is 5.60 Å². The maximum atomic E-state index is 12.0. The summed E-state index contributed by atoms with van der Waals surface area (Å²) in [7, 11) is 0.311. The van der Waals surface area contributed by atoms with E-state index < -0.39 is 13.9 Å². The predicted octanol–water partition coefficient (Wildman–Crippen LogP) is 4.84. The Bertz CT molecular complexity index is 445. The van der Waals surface area contributed by atoms with Crippen molar-refractivity contribution in [2.75, 3.05) is 26.7 Å². The van der Waals surface area contributed by atoms with Gasteiger partial charge in [0.2, 0.25) is 0 Å². The predicted molar refractivity (Wildman–Crippen MR) is 107 cm³/mol. The summed E-state index contributed by atoms with van der Waals surface area (Å²) in [5, 5.41) is 0.255. The summed E-state index contributed by atoms with van der Waals surface area (Å²) >= 11 is 0. The Labute approximate surface area is 156 Å². The number of nitrogens with zero attached hydrogens (tertiary/aromatic N) is 1. The van der Waals surface area contributed by atoms with E-state index in [1.54, 1.807) is 0 Å². The fourth-order valence-corrected chi connectivity index (χ4v) is 3.89. The van der Waals surface area contributed by atoms with Crippen LogP contribution in [0.4, 0.5) is 0 Å². The minimum Gasteiger partial charge on any atom is -0.459 e. The Morgan fingerprint density at radius 1 is 1.12 bits per heavy atom. The summed E-state index contributed by atoms with van der Waals surface area (Å²) in [5.41, 5.74) is -0.0954. The van der Waals surface area contributed by atoms with E-state index in [1.807, 2.05) is 27.8 Å². The average Bonchev–Trinajstić information content (AvgIpc) is 2.32. The zero-order valence-corrected chi connectivity index (χ0v) is 19.1. The number of hydrogen-bond donors (Lipinski definition) is 0. The summed E-state index contributed by atoms with van der Waals surface area (Å²) < 4.78 is 11.9. The lowest BCUT2D eigenvalue weighted by atomic mass is 9.67. The van der Waals surface area contributed by atoms with Gasteiger partial charge in [-0.05, 0) is 77.2 Å². The molecule has 0 amide bonds. The Morgan fingerprint density at radius 2 is 1.68 bits per heavy atom. The van der Waals surface area contributed by atoms with Crippen molar-refractivity contribution in [3.63, 3.8) is 0 Å². The molecule has 0 N–H and O–H groups in total. The Balaban J connectivity index is 2.46. The van der Waals surface area contributed by atoms with Crippen LogP contribution in [0.3, 0.4) is 0 Å². The van der Waals surface area contributed by atoms with Crippen molar-refractivity contribution in [1.29, 1.82) is 0 Å². The molecular weight excluding hydrogens is 330 g/mol. The second-order valence-electron chi connectivity index (χ2n) is 10.5. The first-order chi connectivity index (χ1) is 11.2. The van der Waals surface area contributed by atoms with Crippen LogP contribution in [0.25, 0.3) is 0 Å². The summed E-state index contributed by atoms with van der Waals surface area (Å²) in [5.74, 6) is -0.143. The van der Waals surface area contributed by atoms with E-state index in [4.69, 9.17) is 9.16 Å². The van der Waals surface area contributed by atoms with E-state index in [-0.39, 0.29) is 11.0 Å². The molecule has 0 aliphatic heterocycles. The van der Waals surface area contributed by atoms with Crippen molar-refractivity contribution in [3.8, 4) is 0 Å². The number of carbonyl (C=O) groups excluding carboxylic acids is 1. The normalized spacial score (nSPS) is 18.2. The molecule has 5 heteroatoms. The van der Waals surface area contributed by atoms with E-state index in [0.717, 1.165) is 19.6 Å². The van der Waals surface area contributed by atoms with Gasteiger partial charge in [0, 0.05) is 6.61 Å². The van der Waals surface area contributed by atoms with Crippen LogP contribution in [-0.2, 0) is 14.0 Å². The molecule has 0 bridgehead atoms. The van der Waals surface area contributed by atoms with Crippen molar-refractivity contribution >= 4 is 14.3 Å². The number of likely N-dealkylation sites (N-methyl/N-ethyl adjacent to an activating group) is 1. The van der Waals surface area contributed by atoms with Gasteiger partial charge in [-0.3, -0.25) is 9.69 Å². The van der Waals surface area contributed by atoms with Gasteiger partial charge in [-0.2, -0.15) is 0 Å². The molecule has 0 aromatic heterocycles. The zero-order valence-electron chi connectivity index (χ0n) is 18.1. The number of rotatable bonds is 8. The topological polar surface area (TPSA) is 38.8 Å². The third kappa shape index (κ3) is 7.39.